The second-order valence-corrected chi connectivity index (χ2v) is 7.43. The van der Waals surface area contributed by atoms with Gasteiger partial charge in [0, 0.05) is 37.6 Å². The molecule has 1 aromatic rings. The molecule has 1 saturated heterocycles. The van der Waals surface area contributed by atoms with Crippen molar-refractivity contribution in [2.24, 2.45) is 0 Å². The molecule has 0 saturated carbocycles. The number of hydrogen-bond donors (Lipinski definition) is 1. The van der Waals surface area contributed by atoms with E-state index in [0.717, 1.165) is 18.8 Å². The first-order valence-electron chi connectivity index (χ1n) is 8.29. The standard InChI is InChI=1S/C18H29N3O2/c1-13(2)15-12-14(19)6-7-16(15)20-8-10-21(11-9-20)17(22)23-18(3,4)5/h6-7,12-13H,8-11,19H2,1-5H3. The Labute approximate surface area is 139 Å². The van der Waals surface area contributed by atoms with Crippen LogP contribution < -0.4 is 10.6 Å². The van der Waals surface area contributed by atoms with Gasteiger partial charge in [0.25, 0.3) is 0 Å². The van der Waals surface area contributed by atoms with E-state index in [1.54, 1.807) is 4.90 Å². The highest BCUT2D eigenvalue weighted by molar-refractivity contribution is 5.69. The first-order chi connectivity index (χ1) is 10.7. The first-order valence-corrected chi connectivity index (χ1v) is 8.29. The maximum Gasteiger partial charge on any atom is 0.410 e. The Morgan fingerprint density at radius 2 is 1.78 bits per heavy atom. The topological polar surface area (TPSA) is 58.8 Å². The van der Waals surface area contributed by atoms with Crippen LogP contribution in [0, 0.1) is 0 Å². The molecule has 1 fully saturated rings. The lowest BCUT2D eigenvalue weighted by molar-refractivity contribution is 0.0240. The zero-order chi connectivity index (χ0) is 17.2. The molecule has 1 aliphatic heterocycles. The second-order valence-electron chi connectivity index (χ2n) is 7.43. The monoisotopic (exact) mass is 319 g/mol. The van der Waals surface area contributed by atoms with Crippen LogP contribution in [0.4, 0.5) is 16.2 Å². The van der Waals surface area contributed by atoms with Gasteiger partial charge in [0.15, 0.2) is 0 Å². The third kappa shape index (κ3) is 4.53. The zero-order valence-electron chi connectivity index (χ0n) is 14.9. The molecule has 2 rings (SSSR count). The summed E-state index contributed by atoms with van der Waals surface area (Å²) in [5.41, 5.74) is 8.76. The largest absolute Gasteiger partial charge is 0.444 e. The quantitative estimate of drug-likeness (QED) is 0.848. The minimum Gasteiger partial charge on any atom is -0.444 e. The van der Waals surface area contributed by atoms with Gasteiger partial charge in [-0.25, -0.2) is 4.79 Å². The Kier molecular flexibility index (Phi) is 5.07. The highest BCUT2D eigenvalue weighted by Crippen LogP contribution is 2.30. The van der Waals surface area contributed by atoms with Gasteiger partial charge in [0.05, 0.1) is 0 Å². The molecule has 2 N–H and O–H groups in total. The number of rotatable bonds is 2. The molecule has 1 amide bonds. The van der Waals surface area contributed by atoms with Crippen LogP contribution in [0.3, 0.4) is 0 Å². The molecule has 0 unspecified atom stereocenters. The number of carbonyl (C=O) groups excluding carboxylic acids is 1. The van der Waals surface area contributed by atoms with Crippen molar-refractivity contribution in [3.05, 3.63) is 23.8 Å². The lowest BCUT2D eigenvalue weighted by Crippen LogP contribution is -2.50. The van der Waals surface area contributed by atoms with Gasteiger partial charge in [-0.05, 0) is 50.5 Å². The van der Waals surface area contributed by atoms with E-state index in [4.69, 9.17) is 10.5 Å². The molecule has 0 atom stereocenters. The van der Waals surface area contributed by atoms with Crippen LogP contribution in [0.25, 0.3) is 0 Å². The molecule has 1 heterocycles. The molecule has 23 heavy (non-hydrogen) atoms. The third-order valence-corrected chi connectivity index (χ3v) is 3.95. The normalized spacial score (nSPS) is 15.9. The van der Waals surface area contributed by atoms with Crippen molar-refractivity contribution in [3.63, 3.8) is 0 Å². The van der Waals surface area contributed by atoms with Crippen LogP contribution in [0.1, 0.15) is 46.1 Å². The maximum atomic E-state index is 12.1. The number of nitrogens with zero attached hydrogens (tertiary/aromatic N) is 2. The lowest BCUT2D eigenvalue weighted by Gasteiger charge is -2.38. The van der Waals surface area contributed by atoms with Crippen molar-refractivity contribution < 1.29 is 9.53 Å². The van der Waals surface area contributed by atoms with E-state index in [9.17, 15) is 4.79 Å². The van der Waals surface area contributed by atoms with Crippen LogP contribution in [0.2, 0.25) is 0 Å². The van der Waals surface area contributed by atoms with E-state index in [1.807, 2.05) is 26.8 Å². The number of ether oxygens (including phenoxy) is 1. The predicted molar refractivity (Wildman–Crippen MR) is 95.0 cm³/mol. The van der Waals surface area contributed by atoms with Crippen molar-refractivity contribution in [3.8, 4) is 0 Å². The minimum absolute atomic E-state index is 0.224. The van der Waals surface area contributed by atoms with Gasteiger partial charge in [0.1, 0.15) is 5.60 Å². The van der Waals surface area contributed by atoms with Gasteiger partial charge < -0.3 is 20.3 Å². The maximum absolute atomic E-state index is 12.1. The summed E-state index contributed by atoms with van der Waals surface area (Å²) < 4.78 is 5.45. The number of anilines is 2. The number of benzene rings is 1. The summed E-state index contributed by atoms with van der Waals surface area (Å²) in [4.78, 5) is 16.3. The van der Waals surface area contributed by atoms with E-state index >= 15 is 0 Å². The van der Waals surface area contributed by atoms with Crippen LogP contribution in [-0.2, 0) is 4.74 Å². The van der Waals surface area contributed by atoms with Gasteiger partial charge in [-0.15, -0.1) is 0 Å². The van der Waals surface area contributed by atoms with Crippen LogP contribution >= 0.6 is 0 Å². The number of nitrogen functional groups attached to an aromatic ring is 1. The number of carbonyl (C=O) groups is 1. The SMILES string of the molecule is CC(C)c1cc(N)ccc1N1CCN(C(=O)OC(C)(C)C)CC1. The molecule has 5 nitrogen and oxygen atoms in total. The molecule has 5 heteroatoms. The fraction of sp³-hybridized carbons (Fsp3) is 0.611. The molecular formula is C18H29N3O2. The number of nitrogens with two attached hydrogens (primary N) is 1. The Balaban J connectivity index is 2.04. The van der Waals surface area contributed by atoms with E-state index in [-0.39, 0.29) is 6.09 Å². The summed E-state index contributed by atoms with van der Waals surface area (Å²) in [7, 11) is 0. The first kappa shape index (κ1) is 17.4. The molecular weight excluding hydrogens is 290 g/mol. The van der Waals surface area contributed by atoms with Crippen molar-refractivity contribution >= 4 is 17.5 Å². The Bertz CT molecular complexity index is 556. The summed E-state index contributed by atoms with van der Waals surface area (Å²) in [6.07, 6.45) is -0.224. The van der Waals surface area contributed by atoms with Crippen molar-refractivity contribution in [2.75, 3.05) is 36.8 Å². The molecule has 0 spiro atoms. The number of amides is 1. The fourth-order valence-electron chi connectivity index (χ4n) is 2.78. The third-order valence-electron chi connectivity index (χ3n) is 3.95. The zero-order valence-corrected chi connectivity index (χ0v) is 14.9. The summed E-state index contributed by atoms with van der Waals surface area (Å²) in [5.74, 6) is 0.414. The molecule has 1 aliphatic rings. The van der Waals surface area contributed by atoms with Crippen molar-refractivity contribution in [2.45, 2.75) is 46.1 Å². The molecule has 1 aromatic carbocycles. The number of hydrogen-bond acceptors (Lipinski definition) is 4. The Hall–Kier alpha value is -1.91. The molecule has 0 radical (unpaired) electrons. The van der Waals surface area contributed by atoms with Crippen molar-refractivity contribution in [1.29, 1.82) is 0 Å². The van der Waals surface area contributed by atoms with E-state index in [1.165, 1.54) is 11.3 Å². The summed E-state index contributed by atoms with van der Waals surface area (Å²) in [5, 5.41) is 0. The molecule has 0 bridgehead atoms. The summed E-state index contributed by atoms with van der Waals surface area (Å²) in [6, 6.07) is 6.09. The van der Waals surface area contributed by atoms with Crippen LogP contribution in [-0.4, -0.2) is 42.8 Å². The molecule has 0 aromatic heterocycles. The average Bonchev–Trinajstić information content (AvgIpc) is 2.45. The number of piperazine rings is 1. The fourth-order valence-corrected chi connectivity index (χ4v) is 2.78. The highest BCUT2D eigenvalue weighted by atomic mass is 16.6. The van der Waals surface area contributed by atoms with Gasteiger partial charge in [-0.1, -0.05) is 13.8 Å². The Morgan fingerprint density at radius 1 is 1.17 bits per heavy atom. The van der Waals surface area contributed by atoms with Gasteiger partial charge in [0.2, 0.25) is 0 Å². The average molecular weight is 319 g/mol. The second kappa shape index (κ2) is 6.69. The molecule has 128 valence electrons. The van der Waals surface area contributed by atoms with Crippen LogP contribution in [0.15, 0.2) is 18.2 Å². The van der Waals surface area contributed by atoms with Crippen LogP contribution in [0.5, 0.6) is 0 Å². The smallest absolute Gasteiger partial charge is 0.410 e. The summed E-state index contributed by atoms with van der Waals surface area (Å²) in [6.45, 7) is 13.0. The van der Waals surface area contributed by atoms with E-state index < -0.39 is 5.60 Å². The minimum atomic E-state index is -0.448. The van der Waals surface area contributed by atoms with Crippen molar-refractivity contribution in [1.82, 2.24) is 4.90 Å². The van der Waals surface area contributed by atoms with E-state index in [0.29, 0.717) is 19.0 Å². The Morgan fingerprint density at radius 3 is 2.30 bits per heavy atom. The van der Waals surface area contributed by atoms with Gasteiger partial charge >= 0.3 is 6.09 Å². The lowest BCUT2D eigenvalue weighted by atomic mass is 9.99. The van der Waals surface area contributed by atoms with Gasteiger partial charge in [-0.2, -0.15) is 0 Å². The highest BCUT2D eigenvalue weighted by Gasteiger charge is 2.26. The van der Waals surface area contributed by atoms with Gasteiger partial charge in [-0.3, -0.25) is 0 Å². The summed E-state index contributed by atoms with van der Waals surface area (Å²) >= 11 is 0. The predicted octanol–water partition coefficient (Wildman–Crippen LogP) is 3.45. The van der Waals surface area contributed by atoms with E-state index in [2.05, 4.69) is 30.9 Å². The molecule has 0 aliphatic carbocycles.